The Morgan fingerprint density at radius 3 is 2.43 bits per heavy atom. The van der Waals surface area contributed by atoms with Gasteiger partial charge < -0.3 is 0 Å². The summed E-state index contributed by atoms with van der Waals surface area (Å²) in [5.74, 6) is 0. The van der Waals surface area contributed by atoms with Gasteiger partial charge in [0.2, 0.25) is 0 Å². The van der Waals surface area contributed by atoms with Crippen LogP contribution in [0.2, 0.25) is 0 Å². The predicted molar refractivity (Wildman–Crippen MR) is 59.9 cm³/mol. The Balaban J connectivity index is 2.98. The molecule has 2 atom stereocenters. The van der Waals surface area contributed by atoms with Gasteiger partial charge in [0.05, 0.1) is 10.5 Å². The van der Waals surface area contributed by atoms with Crippen LogP contribution in [0.3, 0.4) is 0 Å². The van der Waals surface area contributed by atoms with Gasteiger partial charge in [0, 0.05) is 0 Å². The van der Waals surface area contributed by atoms with E-state index in [1.807, 2.05) is 13.0 Å². The van der Waals surface area contributed by atoms with E-state index < -0.39 is 9.84 Å². The van der Waals surface area contributed by atoms with Gasteiger partial charge in [0.1, 0.15) is 0 Å². The fourth-order valence-corrected chi connectivity index (χ4v) is 4.04. The summed E-state index contributed by atoms with van der Waals surface area (Å²) >= 11 is 0. The second kappa shape index (κ2) is 4.13. The molecule has 0 aromatic rings. The van der Waals surface area contributed by atoms with Gasteiger partial charge in [-0.15, -0.1) is 13.2 Å². The Morgan fingerprint density at radius 2 is 1.93 bits per heavy atom. The monoisotopic (exact) mass is 212 g/mol. The van der Waals surface area contributed by atoms with E-state index in [1.54, 1.807) is 12.2 Å². The molecule has 0 N–H and O–H groups in total. The summed E-state index contributed by atoms with van der Waals surface area (Å²) in [7, 11) is -3.04. The molecule has 0 fully saturated rings. The molecule has 3 heteroatoms. The first kappa shape index (κ1) is 11.2. The lowest BCUT2D eigenvalue weighted by molar-refractivity contribution is 0.584. The van der Waals surface area contributed by atoms with Gasteiger partial charge in [0.15, 0.2) is 9.84 Å². The van der Waals surface area contributed by atoms with E-state index in [-0.39, 0.29) is 10.5 Å². The summed E-state index contributed by atoms with van der Waals surface area (Å²) in [4.78, 5) is 0. The molecule has 0 radical (unpaired) electrons. The van der Waals surface area contributed by atoms with Crippen molar-refractivity contribution in [2.24, 2.45) is 0 Å². The smallest absolute Gasteiger partial charge is 0.163 e. The Labute approximate surface area is 85.9 Å². The largest absolute Gasteiger partial charge is 0.228 e. The van der Waals surface area contributed by atoms with Gasteiger partial charge in [-0.1, -0.05) is 23.8 Å². The second-order valence-electron chi connectivity index (χ2n) is 3.58. The average molecular weight is 212 g/mol. The van der Waals surface area contributed by atoms with Gasteiger partial charge in [-0.25, -0.2) is 8.42 Å². The molecule has 2 unspecified atom stereocenters. The van der Waals surface area contributed by atoms with Gasteiger partial charge in [-0.05, 0) is 19.8 Å². The van der Waals surface area contributed by atoms with E-state index in [0.717, 1.165) is 5.57 Å². The lowest BCUT2D eigenvalue weighted by Crippen LogP contribution is -2.24. The Kier molecular flexibility index (Phi) is 3.32. The summed E-state index contributed by atoms with van der Waals surface area (Å²) < 4.78 is 23.9. The number of hydrogen-bond donors (Lipinski definition) is 0. The van der Waals surface area contributed by atoms with E-state index >= 15 is 0 Å². The third-order valence-corrected chi connectivity index (χ3v) is 5.08. The molecule has 0 spiro atoms. The predicted octanol–water partition coefficient (Wildman–Crippen LogP) is 2.25. The topological polar surface area (TPSA) is 34.1 Å². The van der Waals surface area contributed by atoms with Gasteiger partial charge in [-0.2, -0.15) is 0 Å². The van der Waals surface area contributed by atoms with Crippen LogP contribution in [0.25, 0.3) is 0 Å². The van der Waals surface area contributed by atoms with Crippen LogP contribution in [0.15, 0.2) is 37.0 Å². The summed E-state index contributed by atoms with van der Waals surface area (Å²) in [5, 5.41) is -0.727. The summed E-state index contributed by atoms with van der Waals surface area (Å²) in [6.07, 6.45) is 6.18. The summed E-state index contributed by atoms with van der Waals surface area (Å²) in [6, 6.07) is 0. The molecule has 2 nitrogen and oxygen atoms in total. The van der Waals surface area contributed by atoms with E-state index in [0.29, 0.717) is 12.8 Å². The zero-order valence-electron chi connectivity index (χ0n) is 8.44. The van der Waals surface area contributed by atoms with E-state index in [9.17, 15) is 8.42 Å². The van der Waals surface area contributed by atoms with Gasteiger partial charge in [-0.3, -0.25) is 0 Å². The molecule has 1 aliphatic rings. The van der Waals surface area contributed by atoms with Crippen LogP contribution in [-0.4, -0.2) is 18.9 Å². The first-order valence-electron chi connectivity index (χ1n) is 4.66. The van der Waals surface area contributed by atoms with Crippen molar-refractivity contribution >= 4 is 9.84 Å². The molecule has 0 saturated carbocycles. The average Bonchev–Trinajstić information content (AvgIpc) is 2.30. The van der Waals surface area contributed by atoms with Crippen LogP contribution in [0.1, 0.15) is 19.8 Å². The lowest BCUT2D eigenvalue weighted by atomic mass is 10.1. The van der Waals surface area contributed by atoms with Crippen LogP contribution in [0.5, 0.6) is 0 Å². The van der Waals surface area contributed by atoms with E-state index in [4.69, 9.17) is 0 Å². The van der Waals surface area contributed by atoms with Crippen molar-refractivity contribution in [2.45, 2.75) is 30.3 Å². The maximum atomic E-state index is 11.9. The summed E-state index contributed by atoms with van der Waals surface area (Å²) in [6.45, 7) is 9.03. The van der Waals surface area contributed by atoms with Crippen molar-refractivity contribution in [3.8, 4) is 0 Å². The van der Waals surface area contributed by atoms with Gasteiger partial charge in [0.25, 0.3) is 0 Å². The maximum Gasteiger partial charge on any atom is 0.163 e. The fraction of sp³-hybridized carbons (Fsp3) is 0.455. The molecule has 0 amide bonds. The molecule has 0 aromatic carbocycles. The number of rotatable bonds is 4. The van der Waals surface area contributed by atoms with Crippen LogP contribution in [-0.2, 0) is 9.84 Å². The molecular formula is C11H16O2S. The first-order chi connectivity index (χ1) is 6.54. The number of allylic oxidation sites excluding steroid dienone is 2. The minimum absolute atomic E-state index is 0.357. The minimum Gasteiger partial charge on any atom is -0.228 e. The van der Waals surface area contributed by atoms with Crippen LogP contribution in [0, 0.1) is 0 Å². The highest BCUT2D eigenvalue weighted by Crippen LogP contribution is 2.31. The highest BCUT2D eigenvalue weighted by Gasteiger charge is 2.37. The first-order valence-corrected chi connectivity index (χ1v) is 6.27. The molecule has 0 saturated heterocycles. The minimum atomic E-state index is -3.04. The van der Waals surface area contributed by atoms with E-state index in [1.165, 1.54) is 0 Å². The van der Waals surface area contributed by atoms with Crippen molar-refractivity contribution in [2.75, 3.05) is 0 Å². The van der Waals surface area contributed by atoms with Crippen molar-refractivity contribution in [1.82, 2.24) is 0 Å². The third-order valence-electron chi connectivity index (χ3n) is 2.55. The highest BCUT2D eigenvalue weighted by atomic mass is 32.2. The zero-order chi connectivity index (χ0) is 10.8. The summed E-state index contributed by atoms with van der Waals surface area (Å²) in [5.41, 5.74) is 0.941. The standard InChI is InChI=1S/C11H16O2S/c1-4-6-10-8-9(3)11(7-5-2)14(10,12)13/h4-5,8,10-11H,1-2,6-7H2,3H3. The molecular weight excluding hydrogens is 196 g/mol. The Morgan fingerprint density at radius 1 is 1.36 bits per heavy atom. The van der Waals surface area contributed by atoms with Crippen LogP contribution < -0.4 is 0 Å². The zero-order valence-corrected chi connectivity index (χ0v) is 9.26. The highest BCUT2D eigenvalue weighted by molar-refractivity contribution is 7.93. The van der Waals surface area contributed by atoms with Crippen LogP contribution >= 0.6 is 0 Å². The molecule has 14 heavy (non-hydrogen) atoms. The number of hydrogen-bond acceptors (Lipinski definition) is 2. The molecule has 0 aliphatic carbocycles. The number of sulfone groups is 1. The molecule has 78 valence electrons. The third kappa shape index (κ3) is 1.82. The van der Waals surface area contributed by atoms with Crippen LogP contribution in [0.4, 0.5) is 0 Å². The normalized spacial score (nSPS) is 29.6. The Hall–Kier alpha value is -0.830. The quantitative estimate of drug-likeness (QED) is 0.670. The SMILES string of the molecule is C=CCC1C=C(C)C(CC=C)S1(=O)=O. The maximum absolute atomic E-state index is 11.9. The van der Waals surface area contributed by atoms with Gasteiger partial charge >= 0.3 is 0 Å². The Bertz CT molecular complexity index is 363. The van der Waals surface area contributed by atoms with Crippen molar-refractivity contribution in [3.63, 3.8) is 0 Å². The molecule has 1 rings (SSSR count). The van der Waals surface area contributed by atoms with Crippen molar-refractivity contribution in [3.05, 3.63) is 37.0 Å². The molecule has 0 aromatic heterocycles. The van der Waals surface area contributed by atoms with E-state index in [2.05, 4.69) is 13.2 Å². The fourth-order valence-electron chi connectivity index (χ4n) is 1.80. The molecule has 1 heterocycles. The second-order valence-corrected chi connectivity index (χ2v) is 5.93. The van der Waals surface area contributed by atoms with Crippen molar-refractivity contribution < 1.29 is 8.42 Å². The van der Waals surface area contributed by atoms with Crippen molar-refractivity contribution in [1.29, 1.82) is 0 Å². The lowest BCUT2D eigenvalue weighted by Gasteiger charge is -2.12. The molecule has 1 aliphatic heterocycles. The molecule has 0 bridgehead atoms.